The first-order valence-corrected chi connectivity index (χ1v) is 4.03. The molecule has 0 aliphatic heterocycles. The van der Waals surface area contributed by atoms with Crippen molar-refractivity contribution in [3.05, 3.63) is 0 Å². The van der Waals surface area contributed by atoms with E-state index in [-0.39, 0.29) is 6.61 Å². The molecule has 78 valence electrons. The Balaban J connectivity index is 2.77. The monoisotopic (exact) mass is 207 g/mol. The second kappa shape index (κ2) is 3.15. The quantitative estimate of drug-likeness (QED) is 0.647. The lowest BCUT2D eigenvalue weighted by atomic mass is 10.1. The molecule has 0 saturated heterocycles. The van der Waals surface area contributed by atoms with E-state index < -0.39 is 29.9 Å². The molecule has 1 fully saturated rings. The molecule has 3 nitrogen and oxygen atoms in total. The van der Waals surface area contributed by atoms with Crippen molar-refractivity contribution in [2.75, 3.05) is 6.61 Å². The fourth-order valence-corrected chi connectivity index (χ4v) is 1.31. The SMILES string of the molecule is CCOC(=O)[C@]1(C#N)C[C@H]1C(F)(F)F. The summed E-state index contributed by atoms with van der Waals surface area (Å²) in [6, 6.07) is 1.40. The maximum absolute atomic E-state index is 12.2. The molecule has 0 spiro atoms. The van der Waals surface area contributed by atoms with Crippen LogP contribution in [0.5, 0.6) is 0 Å². The molecular formula is C8H8F3NO2. The van der Waals surface area contributed by atoms with E-state index in [2.05, 4.69) is 4.74 Å². The van der Waals surface area contributed by atoms with Gasteiger partial charge in [-0.2, -0.15) is 18.4 Å². The predicted molar refractivity (Wildman–Crippen MR) is 38.8 cm³/mol. The van der Waals surface area contributed by atoms with Gasteiger partial charge in [0.05, 0.1) is 18.6 Å². The molecule has 1 aliphatic rings. The molecule has 6 heteroatoms. The van der Waals surface area contributed by atoms with E-state index in [1.807, 2.05) is 0 Å². The van der Waals surface area contributed by atoms with E-state index in [9.17, 15) is 18.0 Å². The summed E-state index contributed by atoms with van der Waals surface area (Å²) in [7, 11) is 0. The maximum Gasteiger partial charge on any atom is 0.394 e. The van der Waals surface area contributed by atoms with Gasteiger partial charge in [0.25, 0.3) is 0 Å². The fraction of sp³-hybridized carbons (Fsp3) is 0.750. The van der Waals surface area contributed by atoms with Crippen molar-refractivity contribution in [1.29, 1.82) is 5.26 Å². The fourth-order valence-electron chi connectivity index (χ4n) is 1.31. The average molecular weight is 207 g/mol. The van der Waals surface area contributed by atoms with E-state index in [4.69, 9.17) is 5.26 Å². The molecule has 0 amide bonds. The van der Waals surface area contributed by atoms with Gasteiger partial charge in [-0.1, -0.05) is 0 Å². The molecule has 0 bridgehead atoms. The van der Waals surface area contributed by atoms with Crippen LogP contribution in [0.2, 0.25) is 0 Å². The number of carbonyl (C=O) groups is 1. The summed E-state index contributed by atoms with van der Waals surface area (Å²) in [6.07, 6.45) is -4.98. The maximum atomic E-state index is 12.2. The first-order valence-electron chi connectivity index (χ1n) is 4.03. The summed E-state index contributed by atoms with van der Waals surface area (Å²) in [5.41, 5.74) is -1.98. The first-order chi connectivity index (χ1) is 6.38. The van der Waals surface area contributed by atoms with Crippen LogP contribution in [0.1, 0.15) is 13.3 Å². The summed E-state index contributed by atoms with van der Waals surface area (Å²) in [5.74, 6) is -2.93. The Bertz CT molecular complexity index is 294. The topological polar surface area (TPSA) is 50.1 Å². The van der Waals surface area contributed by atoms with Gasteiger partial charge in [-0.15, -0.1) is 0 Å². The highest BCUT2D eigenvalue weighted by molar-refractivity contribution is 5.84. The Hall–Kier alpha value is -1.25. The predicted octanol–water partition coefficient (Wildman–Crippen LogP) is 1.64. The lowest BCUT2D eigenvalue weighted by molar-refractivity contribution is -0.167. The number of hydrogen-bond acceptors (Lipinski definition) is 3. The Morgan fingerprint density at radius 3 is 2.57 bits per heavy atom. The number of carbonyl (C=O) groups excluding carboxylic acids is 1. The van der Waals surface area contributed by atoms with Gasteiger partial charge in [0, 0.05) is 0 Å². The van der Waals surface area contributed by atoms with Crippen LogP contribution in [0.15, 0.2) is 0 Å². The van der Waals surface area contributed by atoms with Crippen molar-refractivity contribution >= 4 is 5.97 Å². The van der Waals surface area contributed by atoms with Crippen molar-refractivity contribution in [2.24, 2.45) is 11.3 Å². The lowest BCUT2D eigenvalue weighted by Crippen LogP contribution is -2.25. The normalized spacial score (nSPS) is 30.6. The number of ether oxygens (including phenoxy) is 1. The zero-order valence-corrected chi connectivity index (χ0v) is 7.39. The van der Waals surface area contributed by atoms with Gasteiger partial charge in [0.2, 0.25) is 0 Å². The standard InChI is InChI=1S/C8H8F3NO2/c1-2-14-6(13)7(4-12)3-5(7)8(9,10)11/h5H,2-3H2,1H3/t5-,7+/m1/s1. The van der Waals surface area contributed by atoms with Gasteiger partial charge in [-0.3, -0.25) is 4.79 Å². The minimum absolute atomic E-state index is 0.0210. The largest absolute Gasteiger partial charge is 0.465 e. The molecule has 0 N–H and O–H groups in total. The number of nitriles is 1. The van der Waals surface area contributed by atoms with Crippen LogP contribution in [0.4, 0.5) is 13.2 Å². The third-order valence-electron chi connectivity index (χ3n) is 2.20. The summed E-state index contributed by atoms with van der Waals surface area (Å²) < 4.78 is 40.9. The molecule has 1 rings (SSSR count). The Morgan fingerprint density at radius 2 is 2.29 bits per heavy atom. The summed E-state index contributed by atoms with van der Waals surface area (Å²) in [6.45, 7) is 1.46. The molecule has 0 heterocycles. The van der Waals surface area contributed by atoms with Crippen LogP contribution in [-0.4, -0.2) is 18.8 Å². The Morgan fingerprint density at radius 1 is 1.71 bits per heavy atom. The molecule has 0 aromatic heterocycles. The molecule has 2 atom stereocenters. The second-order valence-electron chi connectivity index (χ2n) is 3.10. The van der Waals surface area contributed by atoms with Gasteiger partial charge >= 0.3 is 12.1 Å². The van der Waals surface area contributed by atoms with Gasteiger partial charge in [-0.05, 0) is 13.3 Å². The summed E-state index contributed by atoms with van der Waals surface area (Å²) in [5, 5.41) is 8.54. The first kappa shape index (κ1) is 10.8. The Kier molecular flexibility index (Phi) is 2.44. The highest BCUT2D eigenvalue weighted by atomic mass is 19.4. The molecular weight excluding hydrogens is 199 g/mol. The number of alkyl halides is 3. The molecule has 0 aromatic carbocycles. The third-order valence-corrected chi connectivity index (χ3v) is 2.20. The summed E-state index contributed by atoms with van der Waals surface area (Å²) >= 11 is 0. The molecule has 14 heavy (non-hydrogen) atoms. The molecule has 0 unspecified atom stereocenters. The number of nitrogens with zero attached hydrogens (tertiary/aromatic N) is 1. The van der Waals surface area contributed by atoms with Crippen molar-refractivity contribution in [3.63, 3.8) is 0 Å². The van der Waals surface area contributed by atoms with Crippen LogP contribution < -0.4 is 0 Å². The molecule has 1 aliphatic carbocycles. The molecule has 1 saturated carbocycles. The van der Waals surface area contributed by atoms with Crippen LogP contribution in [0.3, 0.4) is 0 Å². The minimum Gasteiger partial charge on any atom is -0.465 e. The Labute approximate surface area is 78.5 Å². The van der Waals surface area contributed by atoms with Crippen molar-refractivity contribution < 1.29 is 22.7 Å². The molecule has 0 radical (unpaired) electrons. The van der Waals surface area contributed by atoms with E-state index in [0.29, 0.717) is 0 Å². The van der Waals surface area contributed by atoms with Gasteiger partial charge < -0.3 is 4.74 Å². The number of rotatable bonds is 2. The lowest BCUT2D eigenvalue weighted by Gasteiger charge is -2.09. The minimum atomic E-state index is -4.50. The van der Waals surface area contributed by atoms with Gasteiger partial charge in [0.1, 0.15) is 0 Å². The van der Waals surface area contributed by atoms with Crippen molar-refractivity contribution in [2.45, 2.75) is 19.5 Å². The average Bonchev–Trinajstić information content (AvgIpc) is 2.79. The number of hydrogen-bond donors (Lipinski definition) is 0. The van der Waals surface area contributed by atoms with Crippen LogP contribution in [-0.2, 0) is 9.53 Å². The highest BCUT2D eigenvalue weighted by Gasteiger charge is 2.72. The smallest absolute Gasteiger partial charge is 0.394 e. The van der Waals surface area contributed by atoms with Crippen LogP contribution >= 0.6 is 0 Å². The van der Waals surface area contributed by atoms with E-state index in [1.165, 1.54) is 13.0 Å². The van der Waals surface area contributed by atoms with Crippen LogP contribution in [0, 0.1) is 22.7 Å². The van der Waals surface area contributed by atoms with Gasteiger partial charge in [0.15, 0.2) is 5.41 Å². The van der Waals surface area contributed by atoms with E-state index in [1.54, 1.807) is 0 Å². The number of esters is 1. The molecule has 0 aromatic rings. The zero-order chi connectivity index (χ0) is 11.0. The summed E-state index contributed by atoms with van der Waals surface area (Å²) in [4.78, 5) is 11.1. The highest BCUT2D eigenvalue weighted by Crippen LogP contribution is 2.60. The second-order valence-corrected chi connectivity index (χ2v) is 3.10. The van der Waals surface area contributed by atoms with E-state index >= 15 is 0 Å². The third kappa shape index (κ3) is 1.54. The van der Waals surface area contributed by atoms with Crippen molar-refractivity contribution in [1.82, 2.24) is 0 Å². The van der Waals surface area contributed by atoms with Crippen LogP contribution in [0.25, 0.3) is 0 Å². The number of halogens is 3. The van der Waals surface area contributed by atoms with Crippen molar-refractivity contribution in [3.8, 4) is 6.07 Å². The van der Waals surface area contributed by atoms with E-state index in [0.717, 1.165) is 0 Å². The van der Waals surface area contributed by atoms with Gasteiger partial charge in [-0.25, -0.2) is 0 Å². The zero-order valence-electron chi connectivity index (χ0n) is 7.39.